The van der Waals surface area contributed by atoms with E-state index in [0.29, 0.717) is 0 Å². The summed E-state index contributed by atoms with van der Waals surface area (Å²) in [4.78, 5) is 0. The van der Waals surface area contributed by atoms with Gasteiger partial charge in [-0.25, -0.2) is 0 Å². The minimum atomic E-state index is 0.990. The molecule has 0 radical (unpaired) electrons. The van der Waals surface area contributed by atoms with Gasteiger partial charge in [-0.1, -0.05) is 32.0 Å². The van der Waals surface area contributed by atoms with Gasteiger partial charge in [0.2, 0.25) is 0 Å². The predicted molar refractivity (Wildman–Crippen MR) is 62.7 cm³/mol. The Labute approximate surface area is 86.7 Å². The highest BCUT2D eigenvalue weighted by atomic mass is 15.0. The summed E-state index contributed by atoms with van der Waals surface area (Å²) in [5.74, 6) is 0. The molecule has 0 aliphatic carbocycles. The highest BCUT2D eigenvalue weighted by Gasteiger charge is 2.06. The van der Waals surface area contributed by atoms with Crippen molar-refractivity contribution in [3.8, 4) is 0 Å². The van der Waals surface area contributed by atoms with Crippen molar-refractivity contribution in [3.63, 3.8) is 0 Å². The summed E-state index contributed by atoms with van der Waals surface area (Å²) in [7, 11) is 0. The predicted octanol–water partition coefficient (Wildman–Crippen LogP) is 2.54. The fourth-order valence-corrected chi connectivity index (χ4v) is 1.63. The number of anilines is 1. The Morgan fingerprint density at radius 1 is 1.14 bits per heavy atom. The lowest BCUT2D eigenvalue weighted by molar-refractivity contribution is 0.725. The van der Waals surface area contributed by atoms with E-state index in [2.05, 4.69) is 35.8 Å². The van der Waals surface area contributed by atoms with Gasteiger partial charge >= 0.3 is 0 Å². The first-order valence-electron chi connectivity index (χ1n) is 5.41. The number of hydrogen-bond donors (Lipinski definition) is 2. The van der Waals surface area contributed by atoms with Crippen molar-refractivity contribution < 1.29 is 0 Å². The quantitative estimate of drug-likeness (QED) is 0.660. The van der Waals surface area contributed by atoms with E-state index < -0.39 is 0 Å². The number of nitrogens with one attached hydrogen (secondary N) is 2. The molecule has 2 nitrogen and oxygen atoms in total. The molecule has 1 aliphatic heterocycles. The molecule has 2 N–H and O–H groups in total. The smallest absolute Gasteiger partial charge is 0.0415 e. The van der Waals surface area contributed by atoms with Crippen molar-refractivity contribution in [3.05, 3.63) is 29.3 Å². The first-order valence-corrected chi connectivity index (χ1v) is 5.41. The van der Waals surface area contributed by atoms with E-state index in [0.717, 1.165) is 19.6 Å². The zero-order chi connectivity index (χ0) is 10.4. The molecule has 78 valence electrons. The Hall–Kier alpha value is -1.02. The fraction of sp³-hybridized carbons (Fsp3) is 0.500. The molecule has 0 aromatic heterocycles. The molecule has 0 amide bonds. The van der Waals surface area contributed by atoms with E-state index in [9.17, 15) is 0 Å². The zero-order valence-electron chi connectivity index (χ0n) is 9.35. The molecule has 0 spiro atoms. The molecule has 0 fully saturated rings. The highest BCUT2D eigenvalue weighted by Crippen LogP contribution is 2.20. The number of fused-ring (bicyclic) bond motifs is 1. The van der Waals surface area contributed by atoms with Crippen LogP contribution in [0.3, 0.4) is 0 Å². The Morgan fingerprint density at radius 3 is 2.71 bits per heavy atom. The molecule has 0 saturated carbocycles. The van der Waals surface area contributed by atoms with Gasteiger partial charge in [-0.2, -0.15) is 0 Å². The highest BCUT2D eigenvalue weighted by molar-refractivity contribution is 5.57. The zero-order valence-corrected chi connectivity index (χ0v) is 9.35. The third-order valence-electron chi connectivity index (χ3n) is 2.28. The standard InChI is InChI=1S/C10H14N2.C2H6/c1-8-3-2-4-9-7-11-5-6-12-10(8)9;1-2/h2-4,11-12H,5-7H2,1H3;1-2H3. The molecule has 0 unspecified atom stereocenters. The van der Waals surface area contributed by atoms with Gasteiger partial charge in [0.1, 0.15) is 0 Å². The van der Waals surface area contributed by atoms with Crippen LogP contribution in [0.15, 0.2) is 18.2 Å². The average molecular weight is 192 g/mol. The second-order valence-electron chi connectivity index (χ2n) is 3.21. The summed E-state index contributed by atoms with van der Waals surface area (Å²) >= 11 is 0. The van der Waals surface area contributed by atoms with Crippen LogP contribution in [0.25, 0.3) is 0 Å². The minimum Gasteiger partial charge on any atom is -0.383 e. The number of para-hydroxylation sites is 1. The molecule has 1 aromatic carbocycles. The molecular weight excluding hydrogens is 172 g/mol. The summed E-state index contributed by atoms with van der Waals surface area (Å²) in [5.41, 5.74) is 4.05. The average Bonchev–Trinajstić information content (AvgIpc) is 2.47. The van der Waals surface area contributed by atoms with Crippen LogP contribution in [0, 0.1) is 6.92 Å². The van der Waals surface area contributed by atoms with Gasteiger partial charge in [0.05, 0.1) is 0 Å². The first kappa shape index (κ1) is 11.1. The van der Waals surface area contributed by atoms with Crippen LogP contribution in [0.2, 0.25) is 0 Å². The number of aryl methyl sites for hydroxylation is 1. The van der Waals surface area contributed by atoms with Gasteiger partial charge in [0.15, 0.2) is 0 Å². The molecule has 2 heteroatoms. The van der Waals surface area contributed by atoms with Crippen LogP contribution < -0.4 is 10.6 Å². The van der Waals surface area contributed by atoms with Crippen molar-refractivity contribution >= 4 is 5.69 Å². The largest absolute Gasteiger partial charge is 0.383 e. The first-order chi connectivity index (χ1) is 6.88. The summed E-state index contributed by atoms with van der Waals surface area (Å²) in [6.07, 6.45) is 0. The molecule has 0 bridgehead atoms. The maximum absolute atomic E-state index is 3.43. The molecule has 0 atom stereocenters. The topological polar surface area (TPSA) is 24.1 Å². The fourth-order valence-electron chi connectivity index (χ4n) is 1.63. The van der Waals surface area contributed by atoms with Crippen LogP contribution in [0.1, 0.15) is 25.0 Å². The van der Waals surface area contributed by atoms with Crippen LogP contribution in [-0.4, -0.2) is 13.1 Å². The molecular formula is C12H20N2. The maximum atomic E-state index is 3.43. The molecule has 1 heterocycles. The van der Waals surface area contributed by atoms with Crippen molar-refractivity contribution in [2.75, 3.05) is 18.4 Å². The number of rotatable bonds is 0. The van der Waals surface area contributed by atoms with E-state index in [1.165, 1.54) is 16.8 Å². The Balaban J connectivity index is 0.000000461. The van der Waals surface area contributed by atoms with E-state index in [1.54, 1.807) is 0 Å². The Bertz CT molecular complexity index is 282. The normalized spacial score (nSPS) is 14.2. The van der Waals surface area contributed by atoms with Gasteiger partial charge in [-0.15, -0.1) is 0 Å². The van der Waals surface area contributed by atoms with Gasteiger partial charge in [0.25, 0.3) is 0 Å². The minimum absolute atomic E-state index is 0.990. The van der Waals surface area contributed by atoms with E-state index in [1.807, 2.05) is 13.8 Å². The van der Waals surface area contributed by atoms with Gasteiger partial charge in [-0.05, 0) is 18.1 Å². The van der Waals surface area contributed by atoms with Crippen molar-refractivity contribution in [1.82, 2.24) is 5.32 Å². The third-order valence-corrected chi connectivity index (χ3v) is 2.28. The molecule has 1 aliphatic rings. The molecule has 2 rings (SSSR count). The van der Waals surface area contributed by atoms with E-state index in [4.69, 9.17) is 0 Å². The molecule has 0 saturated heterocycles. The lowest BCUT2D eigenvalue weighted by Crippen LogP contribution is -2.16. The van der Waals surface area contributed by atoms with Gasteiger partial charge < -0.3 is 10.6 Å². The third kappa shape index (κ3) is 2.48. The SMILES string of the molecule is CC.Cc1cccc2c1NCCNC2. The summed E-state index contributed by atoms with van der Waals surface area (Å²) in [6, 6.07) is 6.44. The number of hydrogen-bond acceptors (Lipinski definition) is 2. The summed E-state index contributed by atoms with van der Waals surface area (Å²) < 4.78 is 0. The summed E-state index contributed by atoms with van der Waals surface area (Å²) in [5, 5.41) is 6.80. The monoisotopic (exact) mass is 192 g/mol. The van der Waals surface area contributed by atoms with E-state index >= 15 is 0 Å². The second-order valence-corrected chi connectivity index (χ2v) is 3.21. The Morgan fingerprint density at radius 2 is 1.93 bits per heavy atom. The van der Waals surface area contributed by atoms with Crippen molar-refractivity contribution in [2.24, 2.45) is 0 Å². The van der Waals surface area contributed by atoms with Crippen molar-refractivity contribution in [2.45, 2.75) is 27.3 Å². The van der Waals surface area contributed by atoms with Crippen LogP contribution in [0.5, 0.6) is 0 Å². The molecule has 14 heavy (non-hydrogen) atoms. The summed E-state index contributed by atoms with van der Waals surface area (Å²) in [6.45, 7) is 9.22. The van der Waals surface area contributed by atoms with Crippen LogP contribution >= 0.6 is 0 Å². The molecule has 1 aromatic rings. The number of benzene rings is 1. The Kier molecular flexibility index (Phi) is 4.47. The lowest BCUT2D eigenvalue weighted by atomic mass is 10.1. The maximum Gasteiger partial charge on any atom is 0.0415 e. The van der Waals surface area contributed by atoms with Crippen molar-refractivity contribution in [1.29, 1.82) is 0 Å². The van der Waals surface area contributed by atoms with Crippen LogP contribution in [-0.2, 0) is 6.54 Å². The van der Waals surface area contributed by atoms with Gasteiger partial charge in [0, 0.05) is 25.3 Å². The van der Waals surface area contributed by atoms with E-state index in [-0.39, 0.29) is 0 Å². The second kappa shape index (κ2) is 5.66. The van der Waals surface area contributed by atoms with Gasteiger partial charge in [-0.3, -0.25) is 0 Å². The van der Waals surface area contributed by atoms with Crippen LogP contribution in [0.4, 0.5) is 5.69 Å². The lowest BCUT2D eigenvalue weighted by Gasteiger charge is -2.09.